The van der Waals surface area contributed by atoms with Gasteiger partial charge in [-0.05, 0) is 37.1 Å². The minimum atomic E-state index is -0.267. The summed E-state index contributed by atoms with van der Waals surface area (Å²) < 4.78 is 13.4. The molecule has 0 saturated carbocycles. The first-order valence-corrected chi connectivity index (χ1v) is 5.72. The fraction of sp³-hybridized carbons (Fsp3) is 0.308. The van der Waals surface area contributed by atoms with Crippen LogP contribution in [0.4, 0.5) is 10.1 Å². The first-order valence-electron chi connectivity index (χ1n) is 5.72. The predicted octanol–water partition coefficient (Wildman–Crippen LogP) is 2.92. The number of nitrogen functional groups attached to an aromatic ring is 1. The average Bonchev–Trinajstić information content (AvgIpc) is 2.29. The second-order valence-corrected chi connectivity index (χ2v) is 4.17. The molecule has 0 unspecified atom stereocenters. The lowest BCUT2D eigenvalue weighted by Crippen LogP contribution is -2.09. The molecule has 3 nitrogen and oxygen atoms in total. The van der Waals surface area contributed by atoms with Crippen molar-refractivity contribution in [2.24, 2.45) is 5.84 Å². The first kappa shape index (κ1) is 11.8. The highest BCUT2D eigenvalue weighted by molar-refractivity contribution is 5.93. The zero-order valence-electron chi connectivity index (χ0n) is 10.0. The van der Waals surface area contributed by atoms with E-state index in [1.807, 2.05) is 13.0 Å². The monoisotopic (exact) mass is 233 g/mol. The van der Waals surface area contributed by atoms with Gasteiger partial charge in [0.25, 0.3) is 0 Å². The number of pyridine rings is 1. The summed E-state index contributed by atoms with van der Waals surface area (Å²) in [6.07, 6.45) is 1.91. The number of halogens is 1. The highest BCUT2D eigenvalue weighted by Crippen LogP contribution is 2.26. The zero-order chi connectivity index (χ0) is 12.4. The molecule has 0 atom stereocenters. The van der Waals surface area contributed by atoms with Crippen molar-refractivity contribution < 1.29 is 4.39 Å². The number of nitrogens with two attached hydrogens (primary N) is 1. The van der Waals surface area contributed by atoms with Gasteiger partial charge in [-0.25, -0.2) is 4.39 Å². The number of hydrogen-bond acceptors (Lipinski definition) is 3. The second kappa shape index (κ2) is 4.67. The minimum absolute atomic E-state index is 0.267. The largest absolute Gasteiger partial charge is 0.323 e. The van der Waals surface area contributed by atoms with Crippen molar-refractivity contribution >= 4 is 16.6 Å². The fourth-order valence-electron chi connectivity index (χ4n) is 2.01. The molecule has 17 heavy (non-hydrogen) atoms. The van der Waals surface area contributed by atoms with E-state index in [0.717, 1.165) is 40.7 Å². The van der Waals surface area contributed by atoms with Crippen LogP contribution in [-0.4, -0.2) is 4.98 Å². The number of nitrogens with one attached hydrogen (secondary N) is 1. The normalized spacial score (nSPS) is 10.8. The van der Waals surface area contributed by atoms with Crippen LogP contribution in [0.3, 0.4) is 0 Å². The fourth-order valence-corrected chi connectivity index (χ4v) is 2.01. The molecule has 1 heterocycles. The average molecular weight is 233 g/mol. The van der Waals surface area contributed by atoms with E-state index in [1.165, 1.54) is 12.1 Å². The summed E-state index contributed by atoms with van der Waals surface area (Å²) in [6.45, 7) is 3.95. The Morgan fingerprint density at radius 2 is 2.12 bits per heavy atom. The molecule has 1 aromatic carbocycles. The maximum Gasteiger partial charge on any atom is 0.124 e. The molecule has 4 heteroatoms. The SMILES string of the molecule is CCCc1cc(NN)c2cc(F)cc(C)c2n1. The predicted molar refractivity (Wildman–Crippen MR) is 68.2 cm³/mol. The van der Waals surface area contributed by atoms with E-state index in [0.29, 0.717) is 0 Å². The lowest BCUT2D eigenvalue weighted by Gasteiger charge is -2.10. The summed E-state index contributed by atoms with van der Waals surface area (Å²) >= 11 is 0. The second-order valence-electron chi connectivity index (χ2n) is 4.17. The Hall–Kier alpha value is -1.68. The van der Waals surface area contributed by atoms with Crippen molar-refractivity contribution in [2.75, 3.05) is 5.43 Å². The van der Waals surface area contributed by atoms with Crippen LogP contribution in [0.1, 0.15) is 24.6 Å². The highest BCUT2D eigenvalue weighted by atomic mass is 19.1. The maximum atomic E-state index is 13.4. The van der Waals surface area contributed by atoms with Gasteiger partial charge in [-0.2, -0.15) is 0 Å². The van der Waals surface area contributed by atoms with Gasteiger partial charge in [0.2, 0.25) is 0 Å². The number of fused-ring (bicyclic) bond motifs is 1. The van der Waals surface area contributed by atoms with E-state index in [4.69, 9.17) is 5.84 Å². The van der Waals surface area contributed by atoms with E-state index in [1.54, 1.807) is 0 Å². The Bertz CT molecular complexity index is 552. The number of hydrazine groups is 1. The number of anilines is 1. The Kier molecular flexibility index (Phi) is 3.24. The number of aromatic nitrogens is 1. The standard InChI is InChI=1S/C13H16FN3/c1-3-4-10-7-12(17-15)11-6-9(14)5-8(2)13(11)16-10/h5-7H,3-4,15H2,1-2H3,(H,16,17). The van der Waals surface area contributed by atoms with Gasteiger partial charge in [-0.15, -0.1) is 0 Å². The van der Waals surface area contributed by atoms with E-state index in [-0.39, 0.29) is 5.82 Å². The highest BCUT2D eigenvalue weighted by Gasteiger charge is 2.08. The summed E-state index contributed by atoms with van der Waals surface area (Å²) in [5.41, 5.74) is 5.95. The van der Waals surface area contributed by atoms with Crippen LogP contribution in [0.15, 0.2) is 18.2 Å². The summed E-state index contributed by atoms with van der Waals surface area (Å²) in [4.78, 5) is 4.55. The topological polar surface area (TPSA) is 50.9 Å². The Morgan fingerprint density at radius 3 is 2.76 bits per heavy atom. The molecule has 0 amide bonds. The molecular formula is C13H16FN3. The minimum Gasteiger partial charge on any atom is -0.323 e. The van der Waals surface area contributed by atoms with Gasteiger partial charge in [-0.1, -0.05) is 13.3 Å². The zero-order valence-corrected chi connectivity index (χ0v) is 10.0. The maximum absolute atomic E-state index is 13.4. The van der Waals surface area contributed by atoms with Crippen LogP contribution in [0.25, 0.3) is 10.9 Å². The van der Waals surface area contributed by atoms with Crippen LogP contribution in [0.5, 0.6) is 0 Å². The van der Waals surface area contributed by atoms with Gasteiger partial charge >= 0.3 is 0 Å². The lowest BCUT2D eigenvalue weighted by atomic mass is 10.1. The molecule has 0 bridgehead atoms. The van der Waals surface area contributed by atoms with Crippen molar-refractivity contribution in [2.45, 2.75) is 26.7 Å². The van der Waals surface area contributed by atoms with Crippen molar-refractivity contribution in [3.05, 3.63) is 35.3 Å². The third-order valence-electron chi connectivity index (χ3n) is 2.78. The van der Waals surface area contributed by atoms with Crippen LogP contribution >= 0.6 is 0 Å². The molecule has 0 aliphatic carbocycles. The van der Waals surface area contributed by atoms with Gasteiger partial charge in [0.05, 0.1) is 11.2 Å². The number of rotatable bonds is 3. The Labute approximate surface area is 99.8 Å². The molecule has 0 saturated heterocycles. The molecule has 0 fully saturated rings. The van der Waals surface area contributed by atoms with Gasteiger partial charge in [-0.3, -0.25) is 10.8 Å². The molecule has 0 radical (unpaired) electrons. The number of nitrogens with zero attached hydrogens (tertiary/aromatic N) is 1. The van der Waals surface area contributed by atoms with Crippen LogP contribution < -0.4 is 11.3 Å². The number of hydrogen-bond donors (Lipinski definition) is 2. The molecule has 0 spiro atoms. The van der Waals surface area contributed by atoms with E-state index in [9.17, 15) is 4.39 Å². The first-order chi connectivity index (χ1) is 8.15. The van der Waals surface area contributed by atoms with Crippen LogP contribution in [0.2, 0.25) is 0 Å². The molecule has 2 rings (SSSR count). The third-order valence-corrected chi connectivity index (χ3v) is 2.78. The van der Waals surface area contributed by atoms with Gasteiger partial charge in [0, 0.05) is 11.1 Å². The molecule has 3 N–H and O–H groups in total. The van der Waals surface area contributed by atoms with Crippen LogP contribution in [0, 0.1) is 12.7 Å². The van der Waals surface area contributed by atoms with Crippen molar-refractivity contribution in [3.63, 3.8) is 0 Å². The summed E-state index contributed by atoms with van der Waals surface area (Å²) in [5, 5.41) is 0.727. The molecule has 0 aliphatic heterocycles. The van der Waals surface area contributed by atoms with Gasteiger partial charge in [0.15, 0.2) is 0 Å². The summed E-state index contributed by atoms with van der Waals surface area (Å²) in [5.74, 6) is 5.21. The summed E-state index contributed by atoms with van der Waals surface area (Å²) in [7, 11) is 0. The van der Waals surface area contributed by atoms with Crippen molar-refractivity contribution in [1.29, 1.82) is 0 Å². The van der Waals surface area contributed by atoms with Crippen molar-refractivity contribution in [1.82, 2.24) is 4.98 Å². The van der Waals surface area contributed by atoms with E-state index < -0.39 is 0 Å². The van der Waals surface area contributed by atoms with Gasteiger partial charge < -0.3 is 5.43 Å². The molecule has 90 valence electrons. The molecule has 1 aromatic heterocycles. The molecule has 0 aliphatic rings. The van der Waals surface area contributed by atoms with Gasteiger partial charge in [0.1, 0.15) is 5.82 Å². The quantitative estimate of drug-likeness (QED) is 0.633. The molecule has 2 aromatic rings. The van der Waals surface area contributed by atoms with E-state index in [2.05, 4.69) is 17.3 Å². The van der Waals surface area contributed by atoms with E-state index >= 15 is 0 Å². The number of aryl methyl sites for hydroxylation is 2. The van der Waals surface area contributed by atoms with Crippen molar-refractivity contribution in [3.8, 4) is 0 Å². The molecular weight excluding hydrogens is 217 g/mol. The lowest BCUT2D eigenvalue weighted by molar-refractivity contribution is 0.628. The Morgan fingerprint density at radius 1 is 1.35 bits per heavy atom. The third kappa shape index (κ3) is 2.22. The summed E-state index contributed by atoms with van der Waals surface area (Å²) in [6, 6.07) is 4.83. The van der Waals surface area contributed by atoms with Crippen LogP contribution in [-0.2, 0) is 6.42 Å². The smallest absolute Gasteiger partial charge is 0.124 e. The Balaban J connectivity index is 2.73. The number of benzene rings is 1.